The maximum Gasteiger partial charge on any atom is 0.303 e. The van der Waals surface area contributed by atoms with E-state index in [0.29, 0.717) is 13.0 Å². The average Bonchev–Trinajstić information content (AvgIpc) is 2.60. The van der Waals surface area contributed by atoms with Crippen LogP contribution in [0.5, 0.6) is 0 Å². The van der Waals surface area contributed by atoms with E-state index in [9.17, 15) is 19.2 Å². The van der Waals surface area contributed by atoms with Crippen molar-refractivity contribution in [2.45, 2.75) is 45.2 Å². The standard InChI is InChI=1S/C18H25N3O5/c1-12(17(25)19-11-10-14-6-4-3-5-7-14)21-18(26)13(2)20-15(22)8-9-16(23)24/h3-7,12-13H,8-11H2,1-2H3,(H,19,25)(H,20,22)(H,21,26)(H,23,24)/t12-,13-/m0/s1. The molecule has 0 fully saturated rings. The fourth-order valence-electron chi connectivity index (χ4n) is 2.13. The minimum absolute atomic E-state index is 0.206. The Hall–Kier alpha value is -2.90. The van der Waals surface area contributed by atoms with E-state index in [1.807, 2.05) is 30.3 Å². The molecule has 0 bridgehead atoms. The summed E-state index contributed by atoms with van der Waals surface area (Å²) in [6.07, 6.45) is 0.173. The molecule has 0 aliphatic heterocycles. The van der Waals surface area contributed by atoms with Crippen molar-refractivity contribution in [3.63, 3.8) is 0 Å². The number of amides is 3. The molecule has 1 aromatic rings. The lowest BCUT2D eigenvalue weighted by molar-refractivity contribution is -0.139. The molecule has 0 aliphatic rings. The van der Waals surface area contributed by atoms with Crippen LogP contribution in [-0.4, -0.2) is 47.4 Å². The van der Waals surface area contributed by atoms with Gasteiger partial charge in [-0.05, 0) is 25.8 Å². The minimum atomic E-state index is -1.09. The Morgan fingerprint density at radius 1 is 0.923 bits per heavy atom. The molecule has 4 N–H and O–H groups in total. The molecule has 3 amide bonds. The Morgan fingerprint density at radius 2 is 1.54 bits per heavy atom. The molecule has 0 unspecified atom stereocenters. The van der Waals surface area contributed by atoms with Crippen LogP contribution in [0.3, 0.4) is 0 Å². The van der Waals surface area contributed by atoms with E-state index >= 15 is 0 Å². The van der Waals surface area contributed by atoms with Crippen molar-refractivity contribution in [1.82, 2.24) is 16.0 Å². The summed E-state index contributed by atoms with van der Waals surface area (Å²) in [5.41, 5.74) is 1.10. The molecule has 0 saturated carbocycles. The van der Waals surface area contributed by atoms with Gasteiger partial charge in [0.25, 0.3) is 0 Å². The SMILES string of the molecule is C[C@H](NC(=O)CCC(=O)O)C(=O)N[C@@H](C)C(=O)NCCc1ccccc1. The Bertz CT molecular complexity index is 633. The van der Waals surface area contributed by atoms with Crippen molar-refractivity contribution in [2.24, 2.45) is 0 Å². The van der Waals surface area contributed by atoms with Crippen molar-refractivity contribution in [3.8, 4) is 0 Å². The number of benzene rings is 1. The smallest absolute Gasteiger partial charge is 0.303 e. The largest absolute Gasteiger partial charge is 0.481 e. The summed E-state index contributed by atoms with van der Waals surface area (Å²) in [5.74, 6) is -2.45. The number of aliphatic carboxylic acids is 1. The van der Waals surface area contributed by atoms with Crippen molar-refractivity contribution in [1.29, 1.82) is 0 Å². The van der Waals surface area contributed by atoms with Crippen LogP contribution in [0.25, 0.3) is 0 Å². The van der Waals surface area contributed by atoms with Gasteiger partial charge in [-0.1, -0.05) is 30.3 Å². The molecule has 26 heavy (non-hydrogen) atoms. The zero-order valence-electron chi connectivity index (χ0n) is 15.0. The lowest BCUT2D eigenvalue weighted by atomic mass is 10.1. The molecule has 0 radical (unpaired) electrons. The molecule has 0 spiro atoms. The molecule has 0 saturated heterocycles. The van der Waals surface area contributed by atoms with Gasteiger partial charge in [0.05, 0.1) is 6.42 Å². The first-order valence-electron chi connectivity index (χ1n) is 8.42. The highest BCUT2D eigenvalue weighted by Crippen LogP contribution is 1.98. The third kappa shape index (κ3) is 8.27. The normalized spacial score (nSPS) is 12.5. The highest BCUT2D eigenvalue weighted by molar-refractivity contribution is 5.92. The molecule has 142 valence electrons. The first-order chi connectivity index (χ1) is 12.3. The first kappa shape index (κ1) is 21.1. The number of carbonyl (C=O) groups excluding carboxylic acids is 3. The number of carbonyl (C=O) groups is 4. The van der Waals surface area contributed by atoms with E-state index < -0.39 is 29.9 Å². The second-order valence-corrected chi connectivity index (χ2v) is 5.94. The van der Waals surface area contributed by atoms with Gasteiger partial charge in [0.2, 0.25) is 17.7 Å². The van der Waals surface area contributed by atoms with Crippen molar-refractivity contribution in [2.75, 3.05) is 6.54 Å². The minimum Gasteiger partial charge on any atom is -0.481 e. The van der Waals surface area contributed by atoms with E-state index in [1.54, 1.807) is 6.92 Å². The topological polar surface area (TPSA) is 125 Å². The van der Waals surface area contributed by atoms with Gasteiger partial charge < -0.3 is 21.1 Å². The monoisotopic (exact) mass is 363 g/mol. The van der Waals surface area contributed by atoms with Crippen molar-refractivity contribution >= 4 is 23.7 Å². The molecule has 1 aromatic carbocycles. The maximum atomic E-state index is 12.0. The molecular weight excluding hydrogens is 338 g/mol. The van der Waals surface area contributed by atoms with E-state index in [4.69, 9.17) is 5.11 Å². The van der Waals surface area contributed by atoms with Gasteiger partial charge in [-0.3, -0.25) is 19.2 Å². The van der Waals surface area contributed by atoms with Gasteiger partial charge in [0, 0.05) is 13.0 Å². The number of carboxylic acid groups (broad SMARTS) is 1. The summed E-state index contributed by atoms with van der Waals surface area (Å²) in [4.78, 5) is 46.0. The Balaban J connectivity index is 2.31. The summed E-state index contributed by atoms with van der Waals surface area (Å²) in [7, 11) is 0. The number of rotatable bonds is 10. The van der Waals surface area contributed by atoms with Crippen molar-refractivity contribution < 1.29 is 24.3 Å². The van der Waals surface area contributed by atoms with Crippen LogP contribution in [0.15, 0.2) is 30.3 Å². The molecule has 0 aromatic heterocycles. The van der Waals surface area contributed by atoms with Gasteiger partial charge >= 0.3 is 5.97 Å². The fourth-order valence-corrected chi connectivity index (χ4v) is 2.13. The van der Waals surface area contributed by atoms with E-state index in [1.165, 1.54) is 6.92 Å². The van der Waals surface area contributed by atoms with Crippen LogP contribution in [0.1, 0.15) is 32.3 Å². The zero-order valence-corrected chi connectivity index (χ0v) is 15.0. The second kappa shape index (κ2) is 10.9. The van der Waals surface area contributed by atoms with Crippen LogP contribution in [-0.2, 0) is 25.6 Å². The number of carboxylic acids is 1. The van der Waals surface area contributed by atoms with Gasteiger partial charge in [-0.25, -0.2) is 0 Å². The Morgan fingerprint density at radius 3 is 2.15 bits per heavy atom. The summed E-state index contributed by atoms with van der Waals surface area (Å²) >= 11 is 0. The molecule has 0 heterocycles. The van der Waals surface area contributed by atoms with Crippen LogP contribution < -0.4 is 16.0 Å². The summed E-state index contributed by atoms with van der Waals surface area (Å²) in [6, 6.07) is 8.07. The molecule has 8 nitrogen and oxygen atoms in total. The van der Waals surface area contributed by atoms with E-state index in [0.717, 1.165) is 5.56 Å². The third-order valence-corrected chi connectivity index (χ3v) is 3.64. The highest BCUT2D eigenvalue weighted by Gasteiger charge is 2.20. The highest BCUT2D eigenvalue weighted by atomic mass is 16.4. The van der Waals surface area contributed by atoms with Gasteiger partial charge in [-0.2, -0.15) is 0 Å². The lowest BCUT2D eigenvalue weighted by Gasteiger charge is -2.18. The maximum absolute atomic E-state index is 12.0. The quantitative estimate of drug-likeness (QED) is 0.473. The van der Waals surface area contributed by atoms with Crippen LogP contribution >= 0.6 is 0 Å². The van der Waals surface area contributed by atoms with Gasteiger partial charge in [-0.15, -0.1) is 0 Å². The molecular formula is C18H25N3O5. The molecule has 1 rings (SSSR count). The third-order valence-electron chi connectivity index (χ3n) is 3.64. The number of nitrogens with one attached hydrogen (secondary N) is 3. The molecule has 0 aliphatic carbocycles. The molecule has 8 heteroatoms. The summed E-state index contributed by atoms with van der Waals surface area (Å²) in [5, 5.41) is 16.2. The fraction of sp³-hybridized carbons (Fsp3) is 0.444. The predicted octanol–water partition coefficient (Wildman–Crippen LogP) is 0.220. The van der Waals surface area contributed by atoms with Crippen molar-refractivity contribution in [3.05, 3.63) is 35.9 Å². The zero-order chi connectivity index (χ0) is 19.5. The predicted molar refractivity (Wildman–Crippen MR) is 95.2 cm³/mol. The second-order valence-electron chi connectivity index (χ2n) is 5.94. The number of hydrogen-bond donors (Lipinski definition) is 4. The van der Waals surface area contributed by atoms with E-state index in [2.05, 4.69) is 16.0 Å². The molecule has 2 atom stereocenters. The number of hydrogen-bond acceptors (Lipinski definition) is 4. The lowest BCUT2D eigenvalue weighted by Crippen LogP contribution is -2.51. The van der Waals surface area contributed by atoms with Crippen LogP contribution in [0.2, 0.25) is 0 Å². The van der Waals surface area contributed by atoms with Gasteiger partial charge in [0.1, 0.15) is 12.1 Å². The van der Waals surface area contributed by atoms with Gasteiger partial charge in [0.15, 0.2) is 0 Å². The summed E-state index contributed by atoms with van der Waals surface area (Å²) < 4.78 is 0. The first-order valence-corrected chi connectivity index (χ1v) is 8.42. The Labute approximate surface area is 152 Å². The van der Waals surface area contributed by atoms with Crippen LogP contribution in [0, 0.1) is 0 Å². The van der Waals surface area contributed by atoms with E-state index in [-0.39, 0.29) is 18.7 Å². The Kier molecular flexibility index (Phi) is 8.83. The average molecular weight is 363 g/mol. The van der Waals surface area contributed by atoms with Crippen LogP contribution in [0.4, 0.5) is 0 Å². The summed E-state index contributed by atoms with van der Waals surface area (Å²) in [6.45, 7) is 3.47.